The topological polar surface area (TPSA) is 55.4 Å². The van der Waals surface area contributed by atoms with Crippen LogP contribution >= 0.6 is 11.3 Å². The molecule has 1 amide bonds. The molecule has 1 N–H and O–H groups in total. The number of carbonyl (C=O) groups is 2. The van der Waals surface area contributed by atoms with Gasteiger partial charge in [0, 0.05) is 10.4 Å². The van der Waals surface area contributed by atoms with Gasteiger partial charge in [0.15, 0.2) is 0 Å². The Balaban J connectivity index is 1.66. The van der Waals surface area contributed by atoms with E-state index in [1.165, 1.54) is 18.4 Å². The molecule has 5 heteroatoms. The van der Waals surface area contributed by atoms with Crippen LogP contribution in [0.4, 0.5) is 0 Å². The minimum atomic E-state index is -0.207. The van der Waals surface area contributed by atoms with Crippen LogP contribution < -0.4 is 10.1 Å². The number of hydrogen-bond acceptors (Lipinski definition) is 4. The second kappa shape index (κ2) is 7.77. The van der Waals surface area contributed by atoms with Crippen LogP contribution in [0.3, 0.4) is 0 Å². The van der Waals surface area contributed by atoms with Gasteiger partial charge in [0.25, 0.3) is 5.91 Å². The average molecular weight is 351 g/mol. The number of benzene rings is 2. The van der Waals surface area contributed by atoms with Gasteiger partial charge in [0.05, 0.1) is 24.1 Å². The van der Waals surface area contributed by atoms with Gasteiger partial charge in [-0.2, -0.15) is 0 Å². The third-order valence-electron chi connectivity index (χ3n) is 3.70. The van der Waals surface area contributed by atoms with Crippen molar-refractivity contribution in [2.45, 2.75) is 6.54 Å². The highest BCUT2D eigenvalue weighted by molar-refractivity contribution is 7.14. The van der Waals surface area contributed by atoms with Crippen LogP contribution in [-0.4, -0.2) is 18.8 Å². The Labute approximate surface area is 150 Å². The van der Waals surface area contributed by atoms with E-state index in [0.29, 0.717) is 28.3 Å². The second-order valence-corrected chi connectivity index (χ2v) is 6.51. The van der Waals surface area contributed by atoms with Crippen molar-refractivity contribution >= 4 is 23.0 Å². The standard InChI is InChI=1S/C20H17NO3S/c1-24-17-10-6-5-9-16(17)20(23)21-13-15-11-12-18(25-15)19(22)14-7-3-2-4-8-14/h2-12H,13H2,1H3,(H,21,23). The Hall–Kier alpha value is -2.92. The largest absolute Gasteiger partial charge is 0.496 e. The minimum Gasteiger partial charge on any atom is -0.496 e. The quantitative estimate of drug-likeness (QED) is 0.685. The fourth-order valence-electron chi connectivity index (χ4n) is 2.42. The molecule has 3 aromatic rings. The van der Waals surface area contributed by atoms with Crippen LogP contribution in [-0.2, 0) is 6.54 Å². The third-order valence-corrected chi connectivity index (χ3v) is 4.78. The molecule has 1 heterocycles. The SMILES string of the molecule is COc1ccccc1C(=O)NCc1ccc(C(=O)c2ccccc2)s1. The number of hydrogen-bond donors (Lipinski definition) is 1. The molecule has 2 aromatic carbocycles. The van der Waals surface area contributed by atoms with Crippen LogP contribution in [0.25, 0.3) is 0 Å². The molecule has 0 unspecified atom stereocenters. The van der Waals surface area contributed by atoms with Crippen LogP contribution in [0.1, 0.15) is 30.5 Å². The summed E-state index contributed by atoms with van der Waals surface area (Å²) in [5.74, 6) is 0.320. The first kappa shape index (κ1) is 16.9. The Morgan fingerprint density at radius 3 is 2.44 bits per heavy atom. The number of para-hydroxylation sites is 1. The molecule has 1 aromatic heterocycles. The maximum Gasteiger partial charge on any atom is 0.255 e. The summed E-state index contributed by atoms with van der Waals surface area (Å²) in [7, 11) is 1.53. The summed E-state index contributed by atoms with van der Waals surface area (Å²) >= 11 is 1.39. The molecule has 4 nitrogen and oxygen atoms in total. The number of rotatable bonds is 6. The first-order valence-corrected chi connectivity index (χ1v) is 8.60. The molecule has 3 rings (SSSR count). The van der Waals surface area contributed by atoms with Crippen molar-refractivity contribution in [2.24, 2.45) is 0 Å². The molecule has 0 bridgehead atoms. The molecule has 25 heavy (non-hydrogen) atoms. The van der Waals surface area contributed by atoms with E-state index < -0.39 is 0 Å². The van der Waals surface area contributed by atoms with Gasteiger partial charge in [-0.15, -0.1) is 11.3 Å². The highest BCUT2D eigenvalue weighted by Crippen LogP contribution is 2.21. The highest BCUT2D eigenvalue weighted by atomic mass is 32.1. The number of carbonyl (C=O) groups excluding carboxylic acids is 2. The zero-order chi connectivity index (χ0) is 17.6. The third kappa shape index (κ3) is 3.95. The first-order valence-electron chi connectivity index (χ1n) is 7.78. The van der Waals surface area contributed by atoms with Crippen molar-refractivity contribution in [3.63, 3.8) is 0 Å². The number of methoxy groups -OCH3 is 1. The smallest absolute Gasteiger partial charge is 0.255 e. The number of nitrogens with one attached hydrogen (secondary N) is 1. The summed E-state index contributed by atoms with van der Waals surface area (Å²) in [4.78, 5) is 26.3. The molecule has 0 saturated carbocycles. The number of thiophene rings is 1. The molecule has 0 aliphatic heterocycles. The summed E-state index contributed by atoms with van der Waals surface area (Å²) < 4.78 is 5.20. The molecule has 0 saturated heterocycles. The van der Waals surface area contributed by atoms with Gasteiger partial charge >= 0.3 is 0 Å². The Morgan fingerprint density at radius 1 is 0.960 bits per heavy atom. The Bertz CT molecular complexity index is 887. The van der Waals surface area contributed by atoms with Crippen LogP contribution in [0.2, 0.25) is 0 Å². The summed E-state index contributed by atoms with van der Waals surface area (Å²) in [5.41, 5.74) is 1.15. The van der Waals surface area contributed by atoms with Gasteiger partial charge in [0.2, 0.25) is 5.78 Å². The summed E-state index contributed by atoms with van der Waals surface area (Å²) in [6, 6.07) is 19.9. The van der Waals surface area contributed by atoms with Crippen LogP contribution in [0, 0.1) is 0 Å². The molecule has 126 valence electrons. The van der Waals surface area contributed by atoms with E-state index in [2.05, 4.69) is 5.32 Å². The minimum absolute atomic E-state index is 0.00657. The molecule has 0 radical (unpaired) electrons. The van der Waals surface area contributed by atoms with Crippen molar-refractivity contribution in [3.8, 4) is 5.75 Å². The monoisotopic (exact) mass is 351 g/mol. The van der Waals surface area contributed by atoms with Crippen molar-refractivity contribution in [1.82, 2.24) is 5.32 Å². The van der Waals surface area contributed by atoms with Crippen LogP contribution in [0.5, 0.6) is 5.75 Å². The number of ether oxygens (including phenoxy) is 1. The molecule has 0 aliphatic rings. The van der Waals surface area contributed by atoms with E-state index in [0.717, 1.165) is 4.88 Å². The molecule has 0 spiro atoms. The highest BCUT2D eigenvalue weighted by Gasteiger charge is 2.14. The number of ketones is 1. The zero-order valence-electron chi connectivity index (χ0n) is 13.7. The maximum absolute atomic E-state index is 12.4. The lowest BCUT2D eigenvalue weighted by atomic mass is 10.1. The maximum atomic E-state index is 12.4. The number of amides is 1. The van der Waals surface area contributed by atoms with Gasteiger partial charge in [-0.05, 0) is 24.3 Å². The normalized spacial score (nSPS) is 10.3. The lowest BCUT2D eigenvalue weighted by Gasteiger charge is -2.08. The van der Waals surface area contributed by atoms with Crippen molar-refractivity contribution < 1.29 is 14.3 Å². The van der Waals surface area contributed by atoms with Gasteiger partial charge in [-0.3, -0.25) is 9.59 Å². The van der Waals surface area contributed by atoms with Gasteiger partial charge < -0.3 is 10.1 Å². The second-order valence-electron chi connectivity index (χ2n) is 5.34. The molecule has 0 fully saturated rings. The van der Waals surface area contributed by atoms with Crippen molar-refractivity contribution in [3.05, 3.63) is 87.6 Å². The zero-order valence-corrected chi connectivity index (χ0v) is 14.5. The Morgan fingerprint density at radius 2 is 1.68 bits per heavy atom. The van der Waals surface area contributed by atoms with Gasteiger partial charge in [-0.1, -0.05) is 42.5 Å². The van der Waals surface area contributed by atoms with Crippen molar-refractivity contribution in [1.29, 1.82) is 0 Å². The van der Waals surface area contributed by atoms with Gasteiger partial charge in [-0.25, -0.2) is 0 Å². The molecular formula is C20H17NO3S. The Kier molecular flexibility index (Phi) is 5.26. The fourth-order valence-corrected chi connectivity index (χ4v) is 3.33. The van der Waals surface area contributed by atoms with Gasteiger partial charge in [0.1, 0.15) is 5.75 Å². The molecule has 0 aliphatic carbocycles. The van der Waals surface area contributed by atoms with E-state index in [1.807, 2.05) is 30.3 Å². The van der Waals surface area contributed by atoms with Crippen LogP contribution in [0.15, 0.2) is 66.7 Å². The van der Waals surface area contributed by atoms with Crippen molar-refractivity contribution in [2.75, 3.05) is 7.11 Å². The van der Waals surface area contributed by atoms with E-state index in [1.54, 1.807) is 36.4 Å². The lowest BCUT2D eigenvalue weighted by Crippen LogP contribution is -2.22. The van der Waals surface area contributed by atoms with E-state index >= 15 is 0 Å². The summed E-state index contributed by atoms with van der Waals surface area (Å²) in [6.45, 7) is 0.365. The predicted molar refractivity (Wildman–Crippen MR) is 98.4 cm³/mol. The average Bonchev–Trinajstić information content (AvgIpc) is 3.15. The fraction of sp³-hybridized carbons (Fsp3) is 0.100. The first-order chi connectivity index (χ1) is 12.2. The summed E-state index contributed by atoms with van der Waals surface area (Å²) in [6.07, 6.45) is 0. The van der Waals surface area contributed by atoms with E-state index in [4.69, 9.17) is 4.74 Å². The van der Waals surface area contributed by atoms with E-state index in [9.17, 15) is 9.59 Å². The molecular weight excluding hydrogens is 334 g/mol. The van der Waals surface area contributed by atoms with E-state index in [-0.39, 0.29) is 11.7 Å². The molecule has 0 atom stereocenters. The predicted octanol–water partition coefficient (Wildman–Crippen LogP) is 3.92. The lowest BCUT2D eigenvalue weighted by molar-refractivity contribution is 0.0947. The summed E-state index contributed by atoms with van der Waals surface area (Å²) in [5, 5.41) is 2.86.